The summed E-state index contributed by atoms with van der Waals surface area (Å²) in [4.78, 5) is 26.3. The number of β-amino-alcohol motifs (C(OH)–C–C–N with tert-alkyl or cyclic N) is 1. The lowest BCUT2D eigenvalue weighted by Gasteiger charge is -2.48. The summed E-state index contributed by atoms with van der Waals surface area (Å²) < 4.78 is 0. The van der Waals surface area contributed by atoms with Crippen molar-refractivity contribution in [1.29, 1.82) is 0 Å². The van der Waals surface area contributed by atoms with Gasteiger partial charge in [0.2, 0.25) is 0 Å². The van der Waals surface area contributed by atoms with Crippen molar-refractivity contribution in [1.82, 2.24) is 20.2 Å². The van der Waals surface area contributed by atoms with Gasteiger partial charge < -0.3 is 20.6 Å². The molecule has 1 saturated carbocycles. The van der Waals surface area contributed by atoms with Gasteiger partial charge in [-0.1, -0.05) is 55.3 Å². The fourth-order valence-corrected chi connectivity index (χ4v) is 6.68. The van der Waals surface area contributed by atoms with E-state index in [1.807, 2.05) is 36.4 Å². The van der Waals surface area contributed by atoms with Crippen molar-refractivity contribution in [2.24, 2.45) is 5.41 Å². The summed E-state index contributed by atoms with van der Waals surface area (Å²) in [7, 11) is 0. The monoisotopic (exact) mass is 540 g/mol. The molecule has 3 aliphatic rings. The number of hydrogen-bond donors (Lipinski definition) is 3. The van der Waals surface area contributed by atoms with Crippen LogP contribution in [0.15, 0.2) is 67.0 Å². The van der Waals surface area contributed by atoms with E-state index in [0.717, 1.165) is 31.1 Å². The summed E-state index contributed by atoms with van der Waals surface area (Å²) in [6, 6.07) is 20.0. The number of hydrogen-bond acceptors (Lipinski definition) is 7. The molecule has 1 atom stereocenters. The van der Waals surface area contributed by atoms with E-state index < -0.39 is 5.60 Å². The van der Waals surface area contributed by atoms with Gasteiger partial charge in [-0.2, -0.15) is 0 Å². The van der Waals surface area contributed by atoms with Gasteiger partial charge in [0.15, 0.2) is 0 Å². The van der Waals surface area contributed by atoms with Gasteiger partial charge in [0.05, 0.1) is 5.60 Å². The SMILES string of the molecule is O=C(NC[C@]1(O)CCCN(c2cc(NCc3ccccc3)ncn2)C1)c1ccc(CN2CC3(CCCC3)C2)cc1. The van der Waals surface area contributed by atoms with Crippen molar-refractivity contribution in [3.05, 3.63) is 83.7 Å². The fourth-order valence-electron chi connectivity index (χ4n) is 6.68. The third-order valence-electron chi connectivity index (χ3n) is 8.83. The van der Waals surface area contributed by atoms with E-state index in [9.17, 15) is 9.90 Å². The van der Waals surface area contributed by atoms with E-state index >= 15 is 0 Å². The molecule has 1 amide bonds. The Bertz CT molecular complexity index is 1290. The van der Waals surface area contributed by atoms with Crippen LogP contribution < -0.4 is 15.5 Å². The van der Waals surface area contributed by atoms with Crippen LogP contribution in [0.4, 0.5) is 11.6 Å². The number of nitrogens with zero attached hydrogens (tertiary/aromatic N) is 4. The van der Waals surface area contributed by atoms with Gasteiger partial charge in [-0.25, -0.2) is 9.97 Å². The Hall–Kier alpha value is -3.49. The molecule has 6 rings (SSSR count). The number of piperidine rings is 1. The Morgan fingerprint density at radius 3 is 2.45 bits per heavy atom. The molecule has 40 heavy (non-hydrogen) atoms. The average Bonchev–Trinajstić information content (AvgIpc) is 3.46. The molecule has 2 saturated heterocycles. The van der Waals surface area contributed by atoms with Gasteiger partial charge in [0.1, 0.15) is 18.0 Å². The lowest BCUT2D eigenvalue weighted by molar-refractivity contribution is -0.000250. The Labute approximate surface area is 236 Å². The summed E-state index contributed by atoms with van der Waals surface area (Å²) >= 11 is 0. The third-order valence-corrected chi connectivity index (χ3v) is 8.83. The normalized spacial score (nSPS) is 22.2. The second-order valence-electron chi connectivity index (χ2n) is 12.1. The third kappa shape index (κ3) is 6.29. The lowest BCUT2D eigenvalue weighted by Crippen LogP contribution is -2.54. The number of aromatic nitrogens is 2. The van der Waals surface area contributed by atoms with Crippen LogP contribution in [0.3, 0.4) is 0 Å². The molecule has 3 fully saturated rings. The average molecular weight is 541 g/mol. The second kappa shape index (κ2) is 11.6. The number of rotatable bonds is 9. The predicted molar refractivity (Wildman–Crippen MR) is 157 cm³/mol. The van der Waals surface area contributed by atoms with Crippen molar-refractivity contribution in [2.45, 2.75) is 57.2 Å². The first-order chi connectivity index (χ1) is 19.5. The number of carbonyl (C=O) groups excluding carboxylic acids is 1. The molecule has 2 aliphatic heterocycles. The maximum absolute atomic E-state index is 12.9. The fraction of sp³-hybridized carbons (Fsp3) is 0.469. The van der Waals surface area contributed by atoms with Crippen LogP contribution in [0.5, 0.6) is 0 Å². The number of aliphatic hydroxyl groups is 1. The van der Waals surface area contributed by atoms with Crippen molar-refractivity contribution >= 4 is 17.5 Å². The van der Waals surface area contributed by atoms with Crippen molar-refractivity contribution in [3.63, 3.8) is 0 Å². The topological polar surface area (TPSA) is 93.6 Å². The van der Waals surface area contributed by atoms with Gasteiger partial charge in [-0.15, -0.1) is 0 Å². The molecule has 3 heterocycles. The van der Waals surface area contributed by atoms with E-state index in [-0.39, 0.29) is 12.5 Å². The van der Waals surface area contributed by atoms with Crippen LogP contribution in [0.2, 0.25) is 0 Å². The Morgan fingerprint density at radius 2 is 1.68 bits per heavy atom. The first-order valence-electron chi connectivity index (χ1n) is 14.6. The summed E-state index contributed by atoms with van der Waals surface area (Å²) in [5.74, 6) is 1.36. The van der Waals surface area contributed by atoms with Gasteiger partial charge in [0.25, 0.3) is 5.91 Å². The summed E-state index contributed by atoms with van der Waals surface area (Å²) in [5, 5.41) is 17.7. The highest BCUT2D eigenvalue weighted by atomic mass is 16.3. The second-order valence-corrected chi connectivity index (χ2v) is 12.1. The molecule has 8 heteroatoms. The van der Waals surface area contributed by atoms with Crippen molar-refractivity contribution in [2.75, 3.05) is 42.9 Å². The minimum absolute atomic E-state index is 0.152. The molecule has 3 aromatic rings. The van der Waals surface area contributed by atoms with Gasteiger partial charge in [-0.05, 0) is 54.4 Å². The summed E-state index contributed by atoms with van der Waals surface area (Å²) in [6.45, 7) is 5.45. The number of anilines is 2. The number of nitrogens with one attached hydrogen (secondary N) is 2. The minimum Gasteiger partial charge on any atom is -0.386 e. The molecule has 1 aromatic heterocycles. The Morgan fingerprint density at radius 1 is 0.900 bits per heavy atom. The highest BCUT2D eigenvalue weighted by Crippen LogP contribution is 2.45. The van der Waals surface area contributed by atoms with Crippen LogP contribution in [0.25, 0.3) is 0 Å². The lowest BCUT2D eigenvalue weighted by atomic mass is 9.78. The van der Waals surface area contributed by atoms with E-state index in [1.165, 1.54) is 49.9 Å². The first-order valence-corrected chi connectivity index (χ1v) is 14.6. The summed E-state index contributed by atoms with van der Waals surface area (Å²) in [5.41, 5.74) is 2.62. The van der Waals surface area contributed by atoms with Crippen LogP contribution in [0, 0.1) is 5.41 Å². The smallest absolute Gasteiger partial charge is 0.251 e. The molecule has 1 aliphatic carbocycles. The first kappa shape index (κ1) is 26.7. The number of benzene rings is 2. The molecule has 0 bridgehead atoms. The molecule has 2 aromatic carbocycles. The van der Waals surface area contributed by atoms with Gasteiger partial charge in [0, 0.05) is 57.4 Å². The highest BCUT2D eigenvalue weighted by Gasteiger charge is 2.44. The van der Waals surface area contributed by atoms with Crippen LogP contribution >= 0.6 is 0 Å². The number of amides is 1. The van der Waals surface area contributed by atoms with Gasteiger partial charge >= 0.3 is 0 Å². The Balaban J connectivity index is 0.992. The zero-order valence-electron chi connectivity index (χ0n) is 23.2. The van der Waals surface area contributed by atoms with Crippen molar-refractivity contribution < 1.29 is 9.90 Å². The zero-order chi connectivity index (χ0) is 27.4. The van der Waals surface area contributed by atoms with E-state index in [4.69, 9.17) is 0 Å². The molecule has 8 nitrogen and oxygen atoms in total. The maximum atomic E-state index is 12.9. The van der Waals surface area contributed by atoms with Crippen LogP contribution in [-0.4, -0.2) is 64.2 Å². The summed E-state index contributed by atoms with van der Waals surface area (Å²) in [6.07, 6.45) is 8.55. The molecule has 210 valence electrons. The molecule has 1 spiro atoms. The maximum Gasteiger partial charge on any atom is 0.251 e. The largest absolute Gasteiger partial charge is 0.386 e. The molecule has 0 unspecified atom stereocenters. The van der Waals surface area contributed by atoms with E-state index in [2.05, 4.69) is 54.7 Å². The van der Waals surface area contributed by atoms with Gasteiger partial charge in [-0.3, -0.25) is 9.69 Å². The zero-order valence-corrected chi connectivity index (χ0v) is 23.2. The molecule has 3 N–H and O–H groups in total. The minimum atomic E-state index is -1.02. The van der Waals surface area contributed by atoms with E-state index in [0.29, 0.717) is 30.5 Å². The van der Waals surface area contributed by atoms with Crippen LogP contribution in [0.1, 0.15) is 60.0 Å². The highest BCUT2D eigenvalue weighted by molar-refractivity contribution is 5.94. The predicted octanol–water partition coefficient (Wildman–Crippen LogP) is 4.23. The molecule has 0 radical (unpaired) electrons. The number of carbonyl (C=O) groups is 1. The van der Waals surface area contributed by atoms with E-state index in [1.54, 1.807) is 6.33 Å². The molecular formula is C32H40N6O2. The quantitative estimate of drug-likeness (QED) is 0.374. The Kier molecular flexibility index (Phi) is 7.71. The van der Waals surface area contributed by atoms with Crippen molar-refractivity contribution in [3.8, 4) is 0 Å². The molecular weight excluding hydrogens is 500 g/mol. The standard InChI is InChI=1S/C32H40N6O2/c39-30(27-11-9-26(10-12-27)19-37-21-31(22-37)13-4-5-14-31)34-20-32(40)15-6-16-38(23-32)29-17-28(35-24-36-29)33-18-25-7-2-1-3-8-25/h1-3,7-12,17,24,40H,4-6,13-16,18-23H2,(H,34,39)(H,33,35,36)/t32-/m1/s1. The number of likely N-dealkylation sites (tertiary alicyclic amines) is 1. The van der Waals surface area contributed by atoms with Crippen LogP contribution in [-0.2, 0) is 13.1 Å².